The Bertz CT molecular complexity index is 898. The summed E-state index contributed by atoms with van der Waals surface area (Å²) >= 11 is 0. The molecule has 3 rings (SSSR count). The monoisotopic (exact) mass is 336 g/mol. The van der Waals surface area contributed by atoms with Gasteiger partial charge in [-0.05, 0) is 42.8 Å². The van der Waals surface area contributed by atoms with Gasteiger partial charge in [0.25, 0.3) is 0 Å². The van der Waals surface area contributed by atoms with E-state index in [1.807, 2.05) is 24.3 Å². The predicted molar refractivity (Wildman–Crippen MR) is 105 cm³/mol. The number of fused-ring (bicyclic) bond motifs is 1. The number of hydrogen-bond acceptors (Lipinski definition) is 4. The fourth-order valence-corrected chi connectivity index (χ4v) is 2.92. The molecule has 0 amide bonds. The van der Waals surface area contributed by atoms with E-state index in [2.05, 4.69) is 12.2 Å². The lowest BCUT2D eigenvalue weighted by Crippen LogP contribution is -2.04. The maximum atomic E-state index is 12.3. The average molecular weight is 336 g/mol. The zero-order chi connectivity index (χ0) is 17.6. The predicted octanol–water partition coefficient (Wildman–Crippen LogP) is 5.03. The van der Waals surface area contributed by atoms with Crippen LogP contribution < -0.4 is 16.5 Å². The lowest BCUT2D eigenvalue weighted by Gasteiger charge is -2.08. The van der Waals surface area contributed by atoms with Gasteiger partial charge >= 0.3 is 0 Å². The Hall–Kier alpha value is -2.75. The molecule has 1 aromatic heterocycles. The molecule has 0 aliphatic carbocycles. The van der Waals surface area contributed by atoms with Crippen LogP contribution in [0.3, 0.4) is 0 Å². The molecule has 130 valence electrons. The average Bonchev–Trinajstić information content (AvgIpc) is 2.62. The van der Waals surface area contributed by atoms with Crippen LogP contribution in [0.2, 0.25) is 0 Å². The number of nitrogens with two attached hydrogens (primary N) is 1. The van der Waals surface area contributed by atoms with Crippen molar-refractivity contribution >= 4 is 22.3 Å². The smallest absolute Gasteiger partial charge is 0.195 e. The lowest BCUT2D eigenvalue weighted by molar-refractivity contribution is 0.619. The first kappa shape index (κ1) is 17.1. The number of nitrogen functional groups attached to an aromatic ring is 1. The third kappa shape index (κ3) is 4.02. The first-order valence-electron chi connectivity index (χ1n) is 8.85. The van der Waals surface area contributed by atoms with Gasteiger partial charge in [0, 0.05) is 29.5 Å². The zero-order valence-corrected chi connectivity index (χ0v) is 14.5. The Kier molecular flexibility index (Phi) is 5.39. The van der Waals surface area contributed by atoms with Crippen LogP contribution in [0.5, 0.6) is 0 Å². The van der Waals surface area contributed by atoms with E-state index in [0.29, 0.717) is 22.4 Å². The highest BCUT2D eigenvalue weighted by molar-refractivity contribution is 5.89. The third-order valence-corrected chi connectivity index (χ3v) is 4.32. The molecule has 3 N–H and O–H groups in total. The summed E-state index contributed by atoms with van der Waals surface area (Å²) in [6.45, 7) is 3.19. The second kappa shape index (κ2) is 7.88. The summed E-state index contributed by atoms with van der Waals surface area (Å²) in [5.74, 6) is 0.553. The van der Waals surface area contributed by atoms with E-state index in [1.54, 1.807) is 18.2 Å². The zero-order valence-electron chi connectivity index (χ0n) is 14.5. The van der Waals surface area contributed by atoms with E-state index in [1.165, 1.54) is 31.7 Å². The van der Waals surface area contributed by atoms with Gasteiger partial charge in [0.15, 0.2) is 5.43 Å². The van der Waals surface area contributed by atoms with Gasteiger partial charge in [-0.15, -0.1) is 0 Å². The molecule has 0 atom stereocenters. The third-order valence-electron chi connectivity index (χ3n) is 4.32. The van der Waals surface area contributed by atoms with Gasteiger partial charge in [0.05, 0.1) is 5.39 Å². The summed E-state index contributed by atoms with van der Waals surface area (Å²) in [6, 6.07) is 14.7. The molecule has 0 fully saturated rings. The fraction of sp³-hybridized carbons (Fsp3) is 0.286. The van der Waals surface area contributed by atoms with Crippen LogP contribution in [-0.4, -0.2) is 6.54 Å². The van der Waals surface area contributed by atoms with Crippen molar-refractivity contribution in [2.75, 3.05) is 17.6 Å². The van der Waals surface area contributed by atoms with Gasteiger partial charge in [-0.25, -0.2) is 0 Å². The van der Waals surface area contributed by atoms with Gasteiger partial charge in [-0.1, -0.05) is 32.3 Å². The van der Waals surface area contributed by atoms with E-state index >= 15 is 0 Å². The van der Waals surface area contributed by atoms with Crippen LogP contribution in [0.4, 0.5) is 11.4 Å². The number of rotatable bonds is 7. The molecule has 1 heterocycles. The molecule has 0 saturated carbocycles. The molecule has 0 spiro atoms. The molecule has 3 aromatic rings. The highest BCUT2D eigenvalue weighted by Crippen LogP contribution is 2.25. The number of nitrogens with one attached hydrogen (secondary N) is 1. The Balaban J connectivity index is 1.76. The molecule has 0 radical (unpaired) electrons. The Morgan fingerprint density at radius 1 is 1.04 bits per heavy atom. The molecule has 0 bridgehead atoms. The summed E-state index contributed by atoms with van der Waals surface area (Å²) in [6.07, 6.45) is 4.97. The summed E-state index contributed by atoms with van der Waals surface area (Å²) < 4.78 is 5.87. The summed E-state index contributed by atoms with van der Waals surface area (Å²) in [5.41, 5.74) is 8.67. The Morgan fingerprint density at radius 2 is 1.84 bits per heavy atom. The molecule has 0 saturated heterocycles. The second-order valence-corrected chi connectivity index (χ2v) is 6.26. The highest BCUT2D eigenvalue weighted by Gasteiger charge is 2.09. The topological polar surface area (TPSA) is 68.3 Å². The highest BCUT2D eigenvalue weighted by atomic mass is 16.3. The van der Waals surface area contributed by atoms with Crippen molar-refractivity contribution in [3.05, 3.63) is 58.8 Å². The van der Waals surface area contributed by atoms with Crippen molar-refractivity contribution in [1.82, 2.24) is 0 Å². The molecule has 2 aromatic carbocycles. The van der Waals surface area contributed by atoms with Crippen LogP contribution in [0.25, 0.3) is 22.3 Å². The van der Waals surface area contributed by atoms with Crippen molar-refractivity contribution in [2.45, 2.75) is 32.6 Å². The van der Waals surface area contributed by atoms with E-state index < -0.39 is 0 Å². The quantitative estimate of drug-likeness (QED) is 0.469. The van der Waals surface area contributed by atoms with Crippen molar-refractivity contribution in [1.29, 1.82) is 0 Å². The van der Waals surface area contributed by atoms with E-state index in [0.717, 1.165) is 17.8 Å². The molecule has 0 unspecified atom stereocenters. The van der Waals surface area contributed by atoms with Crippen molar-refractivity contribution < 1.29 is 4.42 Å². The van der Waals surface area contributed by atoms with Crippen LogP contribution in [-0.2, 0) is 0 Å². The number of benzene rings is 2. The first-order valence-corrected chi connectivity index (χ1v) is 8.85. The Morgan fingerprint density at radius 3 is 2.60 bits per heavy atom. The van der Waals surface area contributed by atoms with Gasteiger partial charge in [-0.3, -0.25) is 4.79 Å². The molecular formula is C21H24N2O2. The maximum Gasteiger partial charge on any atom is 0.195 e. The SMILES string of the molecule is CCCCCCNc1ccc(-c2cc(=O)c3c(N)cccc3o2)cc1. The minimum atomic E-state index is -0.118. The maximum absolute atomic E-state index is 12.3. The van der Waals surface area contributed by atoms with Crippen LogP contribution in [0.15, 0.2) is 57.7 Å². The molecule has 4 heteroatoms. The summed E-state index contributed by atoms with van der Waals surface area (Å²) in [5, 5.41) is 3.86. The summed E-state index contributed by atoms with van der Waals surface area (Å²) in [7, 11) is 0. The van der Waals surface area contributed by atoms with E-state index in [-0.39, 0.29) is 5.43 Å². The van der Waals surface area contributed by atoms with E-state index in [9.17, 15) is 4.79 Å². The molecule has 25 heavy (non-hydrogen) atoms. The summed E-state index contributed by atoms with van der Waals surface area (Å²) in [4.78, 5) is 12.3. The van der Waals surface area contributed by atoms with Gasteiger partial charge in [0.1, 0.15) is 11.3 Å². The number of anilines is 2. The fourth-order valence-electron chi connectivity index (χ4n) is 2.92. The normalized spacial score (nSPS) is 10.9. The van der Waals surface area contributed by atoms with Crippen LogP contribution >= 0.6 is 0 Å². The molecule has 0 aliphatic rings. The van der Waals surface area contributed by atoms with Gasteiger partial charge < -0.3 is 15.5 Å². The second-order valence-electron chi connectivity index (χ2n) is 6.26. The van der Waals surface area contributed by atoms with Crippen molar-refractivity contribution in [3.63, 3.8) is 0 Å². The molecular weight excluding hydrogens is 312 g/mol. The van der Waals surface area contributed by atoms with Gasteiger partial charge in [0.2, 0.25) is 0 Å². The largest absolute Gasteiger partial charge is 0.456 e. The van der Waals surface area contributed by atoms with Gasteiger partial charge in [-0.2, -0.15) is 0 Å². The van der Waals surface area contributed by atoms with Crippen LogP contribution in [0, 0.1) is 0 Å². The van der Waals surface area contributed by atoms with Crippen LogP contribution in [0.1, 0.15) is 32.6 Å². The standard InChI is InChI=1S/C21H24N2O2/c1-2-3-4-5-13-23-16-11-9-15(10-12-16)20-14-18(24)21-17(22)7-6-8-19(21)25-20/h6-12,14,23H,2-5,13,22H2,1H3. The Labute approximate surface area is 147 Å². The molecule has 0 aliphatic heterocycles. The minimum Gasteiger partial charge on any atom is -0.456 e. The lowest BCUT2D eigenvalue weighted by atomic mass is 10.1. The van der Waals surface area contributed by atoms with Crippen molar-refractivity contribution in [3.8, 4) is 11.3 Å². The number of hydrogen-bond donors (Lipinski definition) is 2. The van der Waals surface area contributed by atoms with E-state index in [4.69, 9.17) is 10.2 Å². The first-order chi connectivity index (χ1) is 12.2. The minimum absolute atomic E-state index is 0.118. The van der Waals surface area contributed by atoms with Crippen molar-refractivity contribution in [2.24, 2.45) is 0 Å². The number of unbranched alkanes of at least 4 members (excludes halogenated alkanes) is 3. The molecule has 4 nitrogen and oxygen atoms in total.